The molecule has 2 rings (SSSR count). The van der Waals surface area contributed by atoms with Crippen molar-refractivity contribution in [2.75, 3.05) is 4.72 Å². The van der Waals surface area contributed by atoms with E-state index in [1.807, 2.05) is 13.0 Å². The predicted molar refractivity (Wildman–Crippen MR) is 78.0 cm³/mol. The molecule has 0 amide bonds. The topological polar surface area (TPSA) is 83.5 Å². The first-order chi connectivity index (χ1) is 9.31. The zero-order chi connectivity index (χ0) is 14.9. The minimum Gasteiger partial charge on any atom is -0.477 e. The number of aryl methyl sites for hydroxylation is 2. The van der Waals surface area contributed by atoms with Gasteiger partial charge in [0.15, 0.2) is 0 Å². The smallest absolute Gasteiger partial charge is 0.347 e. The molecule has 20 heavy (non-hydrogen) atoms. The molecule has 1 aromatic carbocycles. The van der Waals surface area contributed by atoms with Gasteiger partial charge in [0.05, 0.1) is 5.69 Å². The molecule has 1 aromatic heterocycles. The Morgan fingerprint density at radius 3 is 2.55 bits per heavy atom. The van der Waals surface area contributed by atoms with Gasteiger partial charge in [-0.25, -0.2) is 13.2 Å². The summed E-state index contributed by atoms with van der Waals surface area (Å²) < 4.78 is 26.9. The maximum absolute atomic E-state index is 12.3. The normalized spacial score (nSPS) is 11.3. The van der Waals surface area contributed by atoms with Crippen LogP contribution in [0, 0.1) is 13.8 Å². The van der Waals surface area contributed by atoms with Gasteiger partial charge in [-0.1, -0.05) is 17.7 Å². The molecule has 5 nitrogen and oxygen atoms in total. The minimum absolute atomic E-state index is 0.192. The number of benzene rings is 1. The zero-order valence-electron chi connectivity index (χ0n) is 10.9. The predicted octanol–water partition coefficient (Wildman–Crippen LogP) is 2.86. The molecule has 0 aliphatic heterocycles. The van der Waals surface area contributed by atoms with Crippen molar-refractivity contribution in [1.29, 1.82) is 0 Å². The molecule has 0 bridgehead atoms. The number of hydrogen-bond acceptors (Lipinski definition) is 4. The summed E-state index contributed by atoms with van der Waals surface area (Å²) in [5.74, 6) is -1.25. The lowest BCUT2D eigenvalue weighted by Crippen LogP contribution is -2.15. The molecule has 1 heterocycles. The Bertz CT molecular complexity index is 762. The molecule has 2 N–H and O–H groups in total. The molecule has 0 saturated heterocycles. The molecule has 2 aromatic rings. The van der Waals surface area contributed by atoms with E-state index in [0.29, 0.717) is 5.69 Å². The van der Waals surface area contributed by atoms with E-state index in [1.54, 1.807) is 19.1 Å². The number of anilines is 1. The van der Waals surface area contributed by atoms with E-state index in [1.165, 1.54) is 11.4 Å². The second-order valence-corrected chi connectivity index (χ2v) is 6.91. The molecule has 0 radical (unpaired) electrons. The number of sulfonamides is 1. The standard InChI is InChI=1S/C13H13NO4S2/c1-8-3-4-10(9(2)7-8)14-20(17,18)11-5-6-19-12(11)13(15)16/h3-7,14H,1-2H3,(H,15,16). The summed E-state index contributed by atoms with van der Waals surface area (Å²) in [5.41, 5.74) is 2.24. The second kappa shape index (κ2) is 5.26. The van der Waals surface area contributed by atoms with E-state index in [-0.39, 0.29) is 9.77 Å². The third kappa shape index (κ3) is 2.83. The van der Waals surface area contributed by atoms with Gasteiger partial charge in [0.1, 0.15) is 9.77 Å². The number of carbonyl (C=O) groups is 1. The van der Waals surface area contributed by atoms with Gasteiger partial charge >= 0.3 is 5.97 Å². The highest BCUT2D eigenvalue weighted by molar-refractivity contribution is 7.93. The van der Waals surface area contributed by atoms with Crippen molar-refractivity contribution >= 4 is 33.0 Å². The average Bonchev–Trinajstić information content (AvgIpc) is 2.82. The minimum atomic E-state index is -3.90. The zero-order valence-corrected chi connectivity index (χ0v) is 12.5. The summed E-state index contributed by atoms with van der Waals surface area (Å²) in [6.07, 6.45) is 0. The number of nitrogens with one attached hydrogen (secondary N) is 1. The average molecular weight is 311 g/mol. The van der Waals surface area contributed by atoms with E-state index < -0.39 is 16.0 Å². The van der Waals surface area contributed by atoms with Gasteiger partial charge in [-0.05, 0) is 36.9 Å². The first-order valence-corrected chi connectivity index (χ1v) is 8.08. The van der Waals surface area contributed by atoms with E-state index in [4.69, 9.17) is 5.11 Å². The van der Waals surface area contributed by atoms with Crippen molar-refractivity contribution in [1.82, 2.24) is 0 Å². The fraction of sp³-hybridized carbons (Fsp3) is 0.154. The third-order valence-electron chi connectivity index (χ3n) is 2.74. The number of hydrogen-bond donors (Lipinski definition) is 2. The molecular weight excluding hydrogens is 298 g/mol. The molecule has 0 atom stereocenters. The highest BCUT2D eigenvalue weighted by Gasteiger charge is 2.24. The Hall–Kier alpha value is -1.86. The van der Waals surface area contributed by atoms with Gasteiger partial charge in [-0.15, -0.1) is 11.3 Å². The van der Waals surface area contributed by atoms with Gasteiger partial charge in [0.25, 0.3) is 10.0 Å². The Labute approximate surface area is 120 Å². The van der Waals surface area contributed by atoms with Crippen LogP contribution in [-0.2, 0) is 10.0 Å². The van der Waals surface area contributed by atoms with Crippen LogP contribution in [0.2, 0.25) is 0 Å². The summed E-state index contributed by atoms with van der Waals surface area (Å²) in [7, 11) is -3.90. The molecule has 0 aliphatic carbocycles. The largest absolute Gasteiger partial charge is 0.477 e. The molecule has 0 unspecified atom stereocenters. The molecule has 0 saturated carbocycles. The van der Waals surface area contributed by atoms with Gasteiger partial charge in [-0.3, -0.25) is 4.72 Å². The molecule has 7 heteroatoms. The number of carboxylic acids is 1. The van der Waals surface area contributed by atoms with Crippen molar-refractivity contribution < 1.29 is 18.3 Å². The fourth-order valence-electron chi connectivity index (χ4n) is 1.79. The highest BCUT2D eigenvalue weighted by atomic mass is 32.2. The van der Waals surface area contributed by atoms with Crippen LogP contribution in [0.5, 0.6) is 0 Å². The van der Waals surface area contributed by atoms with Crippen LogP contribution >= 0.6 is 11.3 Å². The van der Waals surface area contributed by atoms with Crippen LogP contribution in [0.3, 0.4) is 0 Å². The van der Waals surface area contributed by atoms with Crippen molar-refractivity contribution in [2.45, 2.75) is 18.7 Å². The lowest BCUT2D eigenvalue weighted by molar-refractivity contribution is 0.0698. The Kier molecular flexibility index (Phi) is 3.82. The lowest BCUT2D eigenvalue weighted by atomic mass is 10.1. The van der Waals surface area contributed by atoms with Crippen LogP contribution < -0.4 is 4.72 Å². The number of aromatic carboxylic acids is 1. The summed E-state index contributed by atoms with van der Waals surface area (Å²) in [6.45, 7) is 3.70. The van der Waals surface area contributed by atoms with E-state index in [9.17, 15) is 13.2 Å². The van der Waals surface area contributed by atoms with Crippen LogP contribution in [-0.4, -0.2) is 19.5 Å². The molecular formula is C13H13NO4S2. The first-order valence-electron chi connectivity index (χ1n) is 5.72. The second-order valence-electron chi connectivity index (χ2n) is 4.34. The van der Waals surface area contributed by atoms with Crippen LogP contribution in [0.25, 0.3) is 0 Å². The quantitative estimate of drug-likeness (QED) is 0.909. The van der Waals surface area contributed by atoms with Crippen molar-refractivity contribution in [3.05, 3.63) is 45.6 Å². The highest BCUT2D eigenvalue weighted by Crippen LogP contribution is 2.26. The van der Waals surface area contributed by atoms with Crippen molar-refractivity contribution in [3.8, 4) is 0 Å². The Morgan fingerprint density at radius 2 is 1.95 bits per heavy atom. The van der Waals surface area contributed by atoms with Crippen molar-refractivity contribution in [2.24, 2.45) is 0 Å². The fourth-order valence-corrected chi connectivity index (χ4v) is 4.18. The van der Waals surface area contributed by atoms with Gasteiger partial charge in [0.2, 0.25) is 0 Å². The maximum atomic E-state index is 12.3. The van der Waals surface area contributed by atoms with Crippen LogP contribution in [0.4, 0.5) is 5.69 Å². The van der Waals surface area contributed by atoms with Crippen LogP contribution in [0.15, 0.2) is 34.5 Å². The number of carboxylic acid groups (broad SMARTS) is 1. The molecule has 106 valence electrons. The first kappa shape index (κ1) is 14.5. The van der Waals surface area contributed by atoms with Crippen LogP contribution in [0.1, 0.15) is 20.8 Å². The Balaban J connectivity index is 2.41. The summed E-state index contributed by atoms with van der Waals surface area (Å²) in [5, 5.41) is 10.4. The molecule has 0 spiro atoms. The Morgan fingerprint density at radius 1 is 1.25 bits per heavy atom. The number of rotatable bonds is 4. The summed E-state index contributed by atoms with van der Waals surface area (Å²) >= 11 is 0.883. The van der Waals surface area contributed by atoms with E-state index >= 15 is 0 Å². The number of thiophene rings is 1. The SMILES string of the molecule is Cc1ccc(NS(=O)(=O)c2ccsc2C(=O)O)c(C)c1. The van der Waals surface area contributed by atoms with E-state index in [2.05, 4.69) is 4.72 Å². The van der Waals surface area contributed by atoms with Gasteiger partial charge < -0.3 is 5.11 Å². The maximum Gasteiger partial charge on any atom is 0.347 e. The van der Waals surface area contributed by atoms with E-state index in [0.717, 1.165) is 22.5 Å². The monoisotopic (exact) mass is 311 g/mol. The third-order valence-corrected chi connectivity index (χ3v) is 5.18. The molecule has 0 fully saturated rings. The van der Waals surface area contributed by atoms with Gasteiger partial charge in [-0.2, -0.15) is 0 Å². The summed E-state index contributed by atoms with van der Waals surface area (Å²) in [4.78, 5) is 10.6. The summed E-state index contributed by atoms with van der Waals surface area (Å²) in [6, 6.07) is 6.59. The lowest BCUT2D eigenvalue weighted by Gasteiger charge is -2.10. The van der Waals surface area contributed by atoms with Gasteiger partial charge in [0, 0.05) is 0 Å². The van der Waals surface area contributed by atoms with Crippen molar-refractivity contribution in [3.63, 3.8) is 0 Å². The molecule has 0 aliphatic rings.